The van der Waals surface area contributed by atoms with Crippen LogP contribution in [-0.4, -0.2) is 50.5 Å². The SMILES string of the molecule is Cc1nnc(CN=C(NC2CCCC2)N2CCC(CSc3ccccc3)C2)n1C. The predicted octanol–water partition coefficient (Wildman–Crippen LogP) is 3.63. The van der Waals surface area contributed by atoms with Crippen LogP contribution in [0.15, 0.2) is 40.2 Å². The van der Waals surface area contributed by atoms with Gasteiger partial charge < -0.3 is 14.8 Å². The maximum Gasteiger partial charge on any atom is 0.194 e. The van der Waals surface area contributed by atoms with Gasteiger partial charge in [-0.1, -0.05) is 31.0 Å². The Kier molecular flexibility index (Phi) is 6.74. The molecular formula is C22H32N6S. The summed E-state index contributed by atoms with van der Waals surface area (Å²) in [5, 5.41) is 12.2. The Morgan fingerprint density at radius 3 is 2.69 bits per heavy atom. The first-order chi connectivity index (χ1) is 14.2. The summed E-state index contributed by atoms with van der Waals surface area (Å²) in [5.74, 6) is 4.78. The molecule has 1 unspecified atom stereocenters. The van der Waals surface area contributed by atoms with Crippen LogP contribution in [0, 0.1) is 12.8 Å². The molecule has 1 aromatic carbocycles. The molecule has 29 heavy (non-hydrogen) atoms. The molecule has 2 aliphatic rings. The van der Waals surface area contributed by atoms with Crippen molar-refractivity contribution in [2.24, 2.45) is 18.0 Å². The molecule has 1 aliphatic heterocycles. The van der Waals surface area contributed by atoms with Crippen LogP contribution >= 0.6 is 11.8 Å². The molecule has 1 atom stereocenters. The topological polar surface area (TPSA) is 58.3 Å². The van der Waals surface area contributed by atoms with E-state index in [2.05, 4.69) is 50.7 Å². The van der Waals surface area contributed by atoms with Gasteiger partial charge in [-0.25, -0.2) is 4.99 Å². The van der Waals surface area contributed by atoms with Gasteiger partial charge in [-0.05, 0) is 44.2 Å². The van der Waals surface area contributed by atoms with E-state index in [-0.39, 0.29) is 0 Å². The molecule has 0 amide bonds. The first-order valence-corrected chi connectivity index (χ1v) is 11.8. The summed E-state index contributed by atoms with van der Waals surface area (Å²) in [6.07, 6.45) is 6.38. The Balaban J connectivity index is 1.39. The first-order valence-electron chi connectivity index (χ1n) is 10.8. The van der Waals surface area contributed by atoms with Crippen LogP contribution in [0.5, 0.6) is 0 Å². The van der Waals surface area contributed by atoms with E-state index in [1.54, 1.807) is 0 Å². The second kappa shape index (κ2) is 9.65. The average Bonchev–Trinajstić information content (AvgIpc) is 3.49. The number of thioether (sulfide) groups is 1. The number of hydrogen-bond donors (Lipinski definition) is 1. The third-order valence-corrected chi connectivity index (χ3v) is 7.30. The zero-order valence-corrected chi connectivity index (χ0v) is 18.4. The molecule has 1 saturated carbocycles. The summed E-state index contributed by atoms with van der Waals surface area (Å²) >= 11 is 1.97. The van der Waals surface area contributed by atoms with Crippen molar-refractivity contribution in [1.82, 2.24) is 25.0 Å². The number of nitrogens with one attached hydrogen (secondary N) is 1. The highest BCUT2D eigenvalue weighted by atomic mass is 32.2. The Morgan fingerprint density at radius 1 is 1.17 bits per heavy atom. The van der Waals surface area contributed by atoms with Gasteiger partial charge in [0, 0.05) is 36.8 Å². The minimum Gasteiger partial charge on any atom is -0.353 e. The minimum atomic E-state index is 0.563. The van der Waals surface area contributed by atoms with Crippen LogP contribution in [0.1, 0.15) is 43.8 Å². The fraction of sp³-hybridized carbons (Fsp3) is 0.591. The lowest BCUT2D eigenvalue weighted by atomic mass is 10.2. The van der Waals surface area contributed by atoms with Crippen LogP contribution < -0.4 is 5.32 Å². The smallest absolute Gasteiger partial charge is 0.194 e. The summed E-state index contributed by atoms with van der Waals surface area (Å²) in [4.78, 5) is 8.79. The van der Waals surface area contributed by atoms with Crippen LogP contribution in [0.4, 0.5) is 0 Å². The molecule has 0 radical (unpaired) electrons. The summed E-state index contributed by atoms with van der Waals surface area (Å²) in [6.45, 7) is 4.71. The van der Waals surface area contributed by atoms with Crippen LogP contribution in [0.2, 0.25) is 0 Å². The number of benzene rings is 1. The lowest BCUT2D eigenvalue weighted by Crippen LogP contribution is -2.44. The number of nitrogens with zero attached hydrogens (tertiary/aromatic N) is 5. The number of hydrogen-bond acceptors (Lipinski definition) is 4. The van der Waals surface area contributed by atoms with Crippen molar-refractivity contribution in [3.63, 3.8) is 0 Å². The number of aliphatic imine (C=N–C) groups is 1. The fourth-order valence-electron chi connectivity index (χ4n) is 4.12. The highest BCUT2D eigenvalue weighted by Gasteiger charge is 2.27. The van der Waals surface area contributed by atoms with Crippen molar-refractivity contribution < 1.29 is 0 Å². The van der Waals surface area contributed by atoms with E-state index in [1.165, 1.54) is 42.8 Å². The van der Waals surface area contributed by atoms with Crippen molar-refractivity contribution in [3.05, 3.63) is 42.0 Å². The van der Waals surface area contributed by atoms with Crippen molar-refractivity contribution in [3.8, 4) is 0 Å². The molecule has 1 aromatic heterocycles. The van der Waals surface area contributed by atoms with Gasteiger partial charge in [0.2, 0.25) is 0 Å². The van der Waals surface area contributed by atoms with Crippen LogP contribution in [0.3, 0.4) is 0 Å². The number of aromatic nitrogens is 3. The average molecular weight is 413 g/mol. The van der Waals surface area contributed by atoms with Crippen LogP contribution in [-0.2, 0) is 13.6 Å². The molecule has 0 bridgehead atoms. The third-order valence-electron chi connectivity index (χ3n) is 6.06. The van der Waals surface area contributed by atoms with Crippen molar-refractivity contribution >= 4 is 17.7 Å². The van der Waals surface area contributed by atoms with Gasteiger partial charge in [-0.3, -0.25) is 0 Å². The van der Waals surface area contributed by atoms with Gasteiger partial charge >= 0.3 is 0 Å². The molecule has 1 saturated heterocycles. The molecule has 2 heterocycles. The van der Waals surface area contributed by atoms with Gasteiger partial charge in [0.05, 0.1) is 0 Å². The van der Waals surface area contributed by atoms with E-state index < -0.39 is 0 Å². The van der Waals surface area contributed by atoms with Gasteiger partial charge in [0.25, 0.3) is 0 Å². The monoisotopic (exact) mass is 412 g/mol. The molecule has 2 fully saturated rings. The molecule has 0 spiro atoms. The molecular weight excluding hydrogens is 380 g/mol. The Bertz CT molecular complexity index is 812. The summed E-state index contributed by atoms with van der Waals surface area (Å²) in [5.41, 5.74) is 0. The quantitative estimate of drug-likeness (QED) is 0.446. The lowest BCUT2D eigenvalue weighted by Gasteiger charge is -2.25. The molecule has 1 aliphatic carbocycles. The lowest BCUT2D eigenvalue weighted by molar-refractivity contribution is 0.455. The second-order valence-corrected chi connectivity index (χ2v) is 9.31. The summed E-state index contributed by atoms with van der Waals surface area (Å²) in [6, 6.07) is 11.3. The first kappa shape index (κ1) is 20.3. The van der Waals surface area contributed by atoms with E-state index in [9.17, 15) is 0 Å². The van der Waals surface area contributed by atoms with Gasteiger partial charge in [0.1, 0.15) is 12.4 Å². The Hall–Kier alpha value is -2.02. The highest BCUT2D eigenvalue weighted by Crippen LogP contribution is 2.26. The fourth-order valence-corrected chi connectivity index (χ4v) is 5.17. The predicted molar refractivity (Wildman–Crippen MR) is 119 cm³/mol. The summed E-state index contributed by atoms with van der Waals surface area (Å²) in [7, 11) is 2.01. The normalized spacial score (nSPS) is 20.6. The Morgan fingerprint density at radius 2 is 1.97 bits per heavy atom. The zero-order valence-electron chi connectivity index (χ0n) is 17.5. The van der Waals surface area contributed by atoms with Crippen molar-refractivity contribution in [2.45, 2.75) is 56.5 Å². The largest absolute Gasteiger partial charge is 0.353 e. The van der Waals surface area contributed by atoms with E-state index in [0.717, 1.165) is 30.7 Å². The number of rotatable bonds is 6. The van der Waals surface area contributed by atoms with Crippen molar-refractivity contribution in [2.75, 3.05) is 18.8 Å². The Labute approximate surface area is 178 Å². The maximum atomic E-state index is 4.97. The standard InChI is InChI=1S/C22H32N6S/c1-17-25-26-21(27(17)2)14-23-22(24-19-8-6-7-9-19)28-13-12-18(15-28)16-29-20-10-4-3-5-11-20/h3-5,10-11,18-19H,6-9,12-16H2,1-2H3,(H,23,24). The number of likely N-dealkylation sites (tertiary alicyclic amines) is 1. The van der Waals surface area contributed by atoms with E-state index in [0.29, 0.717) is 18.5 Å². The second-order valence-electron chi connectivity index (χ2n) is 8.21. The number of aryl methyl sites for hydroxylation is 1. The van der Waals surface area contributed by atoms with E-state index in [4.69, 9.17) is 4.99 Å². The van der Waals surface area contributed by atoms with Gasteiger partial charge in [0.15, 0.2) is 11.8 Å². The molecule has 1 N–H and O–H groups in total. The summed E-state index contributed by atoms with van der Waals surface area (Å²) < 4.78 is 2.03. The van der Waals surface area contributed by atoms with E-state index in [1.807, 2.05) is 30.3 Å². The van der Waals surface area contributed by atoms with Gasteiger partial charge in [-0.2, -0.15) is 0 Å². The molecule has 2 aromatic rings. The van der Waals surface area contributed by atoms with Crippen molar-refractivity contribution in [1.29, 1.82) is 0 Å². The third kappa shape index (κ3) is 5.32. The molecule has 156 valence electrons. The highest BCUT2D eigenvalue weighted by molar-refractivity contribution is 7.99. The number of guanidine groups is 1. The molecule has 4 rings (SSSR count). The maximum absolute atomic E-state index is 4.97. The molecule has 7 heteroatoms. The van der Waals surface area contributed by atoms with E-state index >= 15 is 0 Å². The van der Waals surface area contributed by atoms with Crippen LogP contribution in [0.25, 0.3) is 0 Å². The zero-order chi connectivity index (χ0) is 20.1. The minimum absolute atomic E-state index is 0.563. The molecule has 6 nitrogen and oxygen atoms in total. The van der Waals surface area contributed by atoms with Gasteiger partial charge in [-0.15, -0.1) is 22.0 Å².